The molecule has 0 aliphatic carbocycles. The second-order valence-corrected chi connectivity index (χ2v) is 5.94. The Balaban J connectivity index is 1.86. The Morgan fingerprint density at radius 2 is 1.82 bits per heavy atom. The summed E-state index contributed by atoms with van der Waals surface area (Å²) in [5, 5.41) is 9.46. The maximum atomic E-state index is 11.5. The Kier molecular flexibility index (Phi) is 6.44. The smallest absolute Gasteiger partial charge is 0.314 e. The van der Waals surface area contributed by atoms with Gasteiger partial charge in [-0.2, -0.15) is 0 Å². The van der Waals surface area contributed by atoms with Gasteiger partial charge in [0.15, 0.2) is 0 Å². The minimum absolute atomic E-state index is 0.525. The molecule has 2 aromatic rings. The molecular weight excluding hydrogens is 276 g/mol. The van der Waals surface area contributed by atoms with Crippen LogP contribution in [0.25, 0.3) is 11.0 Å². The van der Waals surface area contributed by atoms with Crippen molar-refractivity contribution in [3.63, 3.8) is 0 Å². The number of aliphatic carboxylic acids is 1. The maximum Gasteiger partial charge on any atom is 0.314 e. The van der Waals surface area contributed by atoms with Crippen LogP contribution in [0.2, 0.25) is 0 Å². The number of fused-ring (bicyclic) bond motifs is 1. The number of imidazole rings is 1. The zero-order valence-corrected chi connectivity index (χ0v) is 13.3. The number of para-hydroxylation sites is 2. The first-order chi connectivity index (χ1) is 10.7. The number of nitrogens with one attached hydrogen (secondary N) is 1. The van der Waals surface area contributed by atoms with Crippen LogP contribution in [-0.4, -0.2) is 21.0 Å². The first-order valence-electron chi connectivity index (χ1n) is 8.40. The van der Waals surface area contributed by atoms with Crippen LogP contribution in [0.4, 0.5) is 0 Å². The maximum absolute atomic E-state index is 11.5. The van der Waals surface area contributed by atoms with E-state index in [1.807, 2.05) is 24.3 Å². The van der Waals surface area contributed by atoms with Crippen LogP contribution in [0.1, 0.15) is 70.0 Å². The molecule has 0 saturated heterocycles. The van der Waals surface area contributed by atoms with E-state index < -0.39 is 11.9 Å². The average molecular weight is 302 g/mol. The summed E-state index contributed by atoms with van der Waals surface area (Å²) >= 11 is 0. The van der Waals surface area contributed by atoms with E-state index in [-0.39, 0.29) is 0 Å². The lowest BCUT2D eigenvalue weighted by Gasteiger charge is -2.09. The lowest BCUT2D eigenvalue weighted by Crippen LogP contribution is -2.13. The van der Waals surface area contributed by atoms with E-state index >= 15 is 0 Å². The highest BCUT2D eigenvalue weighted by Crippen LogP contribution is 2.23. The Morgan fingerprint density at radius 1 is 1.14 bits per heavy atom. The van der Waals surface area contributed by atoms with Crippen LogP contribution >= 0.6 is 0 Å². The van der Waals surface area contributed by atoms with E-state index in [2.05, 4.69) is 16.9 Å². The Labute approximate surface area is 132 Å². The fraction of sp³-hybridized carbons (Fsp3) is 0.556. The third kappa shape index (κ3) is 4.58. The summed E-state index contributed by atoms with van der Waals surface area (Å²) < 4.78 is 0. The van der Waals surface area contributed by atoms with Crippen LogP contribution in [-0.2, 0) is 4.79 Å². The molecule has 0 radical (unpaired) electrons. The van der Waals surface area contributed by atoms with E-state index in [9.17, 15) is 9.90 Å². The number of H-pyrrole nitrogens is 1. The van der Waals surface area contributed by atoms with E-state index in [4.69, 9.17) is 0 Å². The summed E-state index contributed by atoms with van der Waals surface area (Å²) in [6, 6.07) is 7.68. The van der Waals surface area contributed by atoms with Crippen molar-refractivity contribution < 1.29 is 9.90 Å². The Bertz CT molecular complexity index is 559. The van der Waals surface area contributed by atoms with Gasteiger partial charge in [0.05, 0.1) is 11.0 Å². The third-order valence-electron chi connectivity index (χ3n) is 4.13. The standard InChI is InChI=1S/C18H26N2O2/c1-2-3-4-5-6-7-8-11-14(18(21)22)17-19-15-12-9-10-13-16(15)20-17/h9-10,12-14H,2-8,11H2,1H3,(H,19,20)(H,21,22). The van der Waals surface area contributed by atoms with Crippen molar-refractivity contribution >= 4 is 17.0 Å². The number of benzene rings is 1. The molecule has 120 valence electrons. The van der Waals surface area contributed by atoms with Gasteiger partial charge in [-0.1, -0.05) is 64.0 Å². The van der Waals surface area contributed by atoms with Gasteiger partial charge in [0.1, 0.15) is 11.7 Å². The molecule has 1 heterocycles. The number of aromatic nitrogens is 2. The van der Waals surface area contributed by atoms with Crippen molar-refractivity contribution in [2.75, 3.05) is 0 Å². The quantitative estimate of drug-likeness (QED) is 0.615. The van der Waals surface area contributed by atoms with Crippen molar-refractivity contribution in [1.29, 1.82) is 0 Å². The highest BCUT2D eigenvalue weighted by Gasteiger charge is 2.22. The first-order valence-corrected chi connectivity index (χ1v) is 8.40. The molecule has 1 aromatic heterocycles. The fourth-order valence-corrected chi connectivity index (χ4v) is 2.82. The van der Waals surface area contributed by atoms with Crippen LogP contribution in [0.5, 0.6) is 0 Å². The highest BCUT2D eigenvalue weighted by atomic mass is 16.4. The highest BCUT2D eigenvalue weighted by molar-refractivity contribution is 5.79. The average Bonchev–Trinajstić information content (AvgIpc) is 2.93. The van der Waals surface area contributed by atoms with E-state index in [1.54, 1.807) is 0 Å². The van der Waals surface area contributed by atoms with Gasteiger partial charge in [-0.05, 0) is 18.6 Å². The minimum Gasteiger partial charge on any atom is -0.481 e. The van der Waals surface area contributed by atoms with Gasteiger partial charge in [-0.3, -0.25) is 4.79 Å². The lowest BCUT2D eigenvalue weighted by atomic mass is 9.99. The predicted molar refractivity (Wildman–Crippen MR) is 89.1 cm³/mol. The molecule has 0 amide bonds. The molecule has 0 aliphatic heterocycles. The van der Waals surface area contributed by atoms with Gasteiger partial charge in [-0.15, -0.1) is 0 Å². The summed E-state index contributed by atoms with van der Waals surface area (Å²) in [6.45, 7) is 2.21. The molecular formula is C18H26N2O2. The van der Waals surface area contributed by atoms with Gasteiger partial charge in [0, 0.05) is 0 Å². The van der Waals surface area contributed by atoms with Gasteiger partial charge in [0.25, 0.3) is 0 Å². The normalized spacial score (nSPS) is 12.6. The summed E-state index contributed by atoms with van der Waals surface area (Å²) in [5.74, 6) is -0.729. The van der Waals surface area contributed by atoms with Crippen LogP contribution < -0.4 is 0 Å². The molecule has 2 N–H and O–H groups in total. The number of carboxylic acids is 1. The number of hydrogen-bond acceptors (Lipinski definition) is 2. The van der Waals surface area contributed by atoms with Gasteiger partial charge in [-0.25, -0.2) is 4.98 Å². The number of unbranched alkanes of at least 4 members (excludes halogenated alkanes) is 6. The summed E-state index contributed by atoms with van der Waals surface area (Å²) in [4.78, 5) is 19.1. The van der Waals surface area contributed by atoms with E-state index in [0.717, 1.165) is 23.9 Å². The van der Waals surface area contributed by atoms with E-state index in [1.165, 1.54) is 32.1 Å². The zero-order chi connectivity index (χ0) is 15.8. The monoisotopic (exact) mass is 302 g/mol. The number of hydrogen-bond donors (Lipinski definition) is 2. The van der Waals surface area contributed by atoms with Gasteiger partial charge in [0.2, 0.25) is 0 Å². The number of carboxylic acid groups (broad SMARTS) is 1. The number of carbonyl (C=O) groups is 1. The molecule has 0 saturated carbocycles. The topological polar surface area (TPSA) is 66.0 Å². The van der Waals surface area contributed by atoms with Gasteiger partial charge < -0.3 is 10.1 Å². The predicted octanol–water partition coefficient (Wildman–Crippen LogP) is 4.87. The molecule has 1 aromatic carbocycles. The Hall–Kier alpha value is -1.84. The van der Waals surface area contributed by atoms with Crippen molar-refractivity contribution in [1.82, 2.24) is 9.97 Å². The molecule has 0 aliphatic rings. The number of nitrogens with zero attached hydrogens (tertiary/aromatic N) is 1. The lowest BCUT2D eigenvalue weighted by molar-refractivity contribution is -0.139. The largest absolute Gasteiger partial charge is 0.481 e. The van der Waals surface area contributed by atoms with Gasteiger partial charge >= 0.3 is 5.97 Å². The third-order valence-corrected chi connectivity index (χ3v) is 4.13. The van der Waals surface area contributed by atoms with Crippen molar-refractivity contribution in [2.24, 2.45) is 0 Å². The second kappa shape index (κ2) is 8.57. The number of rotatable bonds is 10. The van der Waals surface area contributed by atoms with Crippen LogP contribution in [0.3, 0.4) is 0 Å². The molecule has 1 atom stereocenters. The molecule has 4 nitrogen and oxygen atoms in total. The molecule has 0 fully saturated rings. The summed E-state index contributed by atoms with van der Waals surface area (Å²) in [6.07, 6.45) is 9.02. The summed E-state index contributed by atoms with van der Waals surface area (Å²) in [5.41, 5.74) is 1.74. The zero-order valence-electron chi connectivity index (χ0n) is 13.3. The fourth-order valence-electron chi connectivity index (χ4n) is 2.82. The number of aromatic amines is 1. The summed E-state index contributed by atoms with van der Waals surface area (Å²) in [7, 11) is 0. The van der Waals surface area contributed by atoms with E-state index in [0.29, 0.717) is 12.2 Å². The van der Waals surface area contributed by atoms with Crippen LogP contribution in [0.15, 0.2) is 24.3 Å². The molecule has 2 rings (SSSR count). The van der Waals surface area contributed by atoms with Crippen molar-refractivity contribution in [3.05, 3.63) is 30.1 Å². The minimum atomic E-state index is -0.787. The Morgan fingerprint density at radius 3 is 2.50 bits per heavy atom. The second-order valence-electron chi connectivity index (χ2n) is 5.94. The van der Waals surface area contributed by atoms with Crippen LogP contribution in [0, 0.1) is 0 Å². The molecule has 4 heteroatoms. The molecule has 22 heavy (non-hydrogen) atoms. The molecule has 0 bridgehead atoms. The SMILES string of the molecule is CCCCCCCCCC(C(=O)O)c1nc2ccccc2[nH]1. The molecule has 1 unspecified atom stereocenters. The van der Waals surface area contributed by atoms with Crippen molar-refractivity contribution in [2.45, 2.75) is 64.2 Å². The molecule has 0 spiro atoms. The first kappa shape index (κ1) is 16.5. The van der Waals surface area contributed by atoms with Crippen molar-refractivity contribution in [3.8, 4) is 0 Å².